The minimum absolute atomic E-state index is 0.108. The van der Waals surface area contributed by atoms with Gasteiger partial charge in [-0.15, -0.1) is 0 Å². The van der Waals surface area contributed by atoms with Crippen LogP contribution in [0.5, 0.6) is 0 Å². The summed E-state index contributed by atoms with van der Waals surface area (Å²) in [6, 6.07) is 0. The third-order valence-corrected chi connectivity index (χ3v) is 3.24. The van der Waals surface area contributed by atoms with Crippen molar-refractivity contribution in [1.29, 1.82) is 0 Å². The van der Waals surface area contributed by atoms with Crippen LogP contribution in [-0.4, -0.2) is 33.4 Å². The predicted octanol–water partition coefficient (Wildman–Crippen LogP) is 1.08. The quantitative estimate of drug-likeness (QED) is 0.604. The summed E-state index contributed by atoms with van der Waals surface area (Å²) in [6.07, 6.45) is 2.86. The molecule has 1 unspecified atom stereocenters. The van der Waals surface area contributed by atoms with E-state index in [4.69, 9.17) is 10.7 Å². The second-order valence-electron chi connectivity index (χ2n) is 3.54. The first-order valence-electron chi connectivity index (χ1n) is 4.82. The fraction of sp³-hybridized carbons (Fsp3) is 0.875. The number of nitrogens with one attached hydrogen (secondary N) is 1. The zero-order chi connectivity index (χ0) is 11.3. The molecule has 0 saturated carbocycles. The van der Waals surface area contributed by atoms with E-state index < -0.39 is 14.4 Å². The second-order valence-corrected chi connectivity index (χ2v) is 5.97. The van der Waals surface area contributed by atoms with Crippen molar-refractivity contribution < 1.29 is 17.9 Å². The van der Waals surface area contributed by atoms with E-state index in [9.17, 15) is 13.2 Å². The van der Waals surface area contributed by atoms with E-state index in [1.54, 1.807) is 0 Å². The molecule has 0 bridgehead atoms. The number of hydrogen-bond acceptors (Lipinski definition) is 5. The van der Waals surface area contributed by atoms with Crippen molar-refractivity contribution in [2.24, 2.45) is 5.92 Å². The Balaban J connectivity index is 2.18. The summed E-state index contributed by atoms with van der Waals surface area (Å²) in [5.41, 5.74) is 0. The predicted molar refractivity (Wildman–Crippen MR) is 56.3 cm³/mol. The van der Waals surface area contributed by atoms with E-state index >= 15 is 0 Å². The van der Waals surface area contributed by atoms with Gasteiger partial charge in [0.1, 0.15) is 0 Å². The van der Waals surface area contributed by atoms with Crippen molar-refractivity contribution in [3.8, 4) is 0 Å². The Morgan fingerprint density at radius 2 is 2.27 bits per heavy atom. The summed E-state index contributed by atoms with van der Waals surface area (Å²) < 4.78 is 25.5. The van der Waals surface area contributed by atoms with Gasteiger partial charge in [0.05, 0.1) is 6.61 Å². The molecule has 88 valence electrons. The van der Waals surface area contributed by atoms with Gasteiger partial charge in [0.15, 0.2) is 0 Å². The molecule has 0 aliphatic carbocycles. The molecule has 1 heterocycles. The summed E-state index contributed by atoms with van der Waals surface area (Å²) >= 11 is 0. The largest absolute Gasteiger partial charge is 0.453 e. The number of ether oxygens (including phenoxy) is 1. The van der Waals surface area contributed by atoms with Crippen LogP contribution in [0.1, 0.15) is 19.3 Å². The zero-order valence-electron chi connectivity index (χ0n) is 8.24. The first-order chi connectivity index (χ1) is 7.00. The molecule has 0 aromatic carbocycles. The van der Waals surface area contributed by atoms with Crippen LogP contribution in [0, 0.1) is 5.92 Å². The molecule has 1 saturated heterocycles. The van der Waals surface area contributed by atoms with Gasteiger partial charge in [-0.2, -0.15) is 8.42 Å². The van der Waals surface area contributed by atoms with Gasteiger partial charge in [-0.3, -0.25) is 0 Å². The molecule has 1 fully saturated rings. The molecule has 1 N–H and O–H groups in total. The van der Waals surface area contributed by atoms with E-state index in [1.165, 1.54) is 0 Å². The summed E-state index contributed by atoms with van der Waals surface area (Å²) in [7, 11) is 0.580. The van der Waals surface area contributed by atoms with Gasteiger partial charge in [-0.25, -0.2) is 4.79 Å². The summed E-state index contributed by atoms with van der Waals surface area (Å²) in [4.78, 5) is 10.7. The third kappa shape index (κ3) is 4.81. The average molecular weight is 256 g/mol. The fourth-order valence-electron chi connectivity index (χ4n) is 1.55. The third-order valence-electron chi connectivity index (χ3n) is 2.34. The molecule has 1 aliphatic heterocycles. The van der Waals surface area contributed by atoms with Crippen LogP contribution in [0.15, 0.2) is 0 Å². The molecule has 7 heteroatoms. The monoisotopic (exact) mass is 255 g/mol. The van der Waals surface area contributed by atoms with Gasteiger partial charge < -0.3 is 10.1 Å². The van der Waals surface area contributed by atoms with Crippen LogP contribution in [-0.2, 0) is 13.8 Å². The summed E-state index contributed by atoms with van der Waals surface area (Å²) in [5, 5.41) is 1.86. The summed E-state index contributed by atoms with van der Waals surface area (Å²) in [6.45, 7) is 2.02. The SMILES string of the molecule is O=C(OCCC1CCCNC1)S(=O)(=O)Cl. The molecule has 0 aromatic heterocycles. The smallest absolute Gasteiger partial charge is 0.440 e. The van der Waals surface area contributed by atoms with Crippen molar-refractivity contribution in [1.82, 2.24) is 5.32 Å². The van der Waals surface area contributed by atoms with E-state index in [0.717, 1.165) is 25.9 Å². The van der Waals surface area contributed by atoms with Crippen molar-refractivity contribution in [3.05, 3.63) is 0 Å². The first-order valence-corrected chi connectivity index (χ1v) is 7.13. The van der Waals surface area contributed by atoms with Crippen molar-refractivity contribution in [3.63, 3.8) is 0 Å². The molecule has 0 radical (unpaired) electrons. The Labute approximate surface area is 93.5 Å². The van der Waals surface area contributed by atoms with E-state index in [0.29, 0.717) is 12.3 Å². The molecule has 0 spiro atoms. The first kappa shape index (κ1) is 12.7. The van der Waals surface area contributed by atoms with E-state index in [1.807, 2.05) is 0 Å². The Bertz CT molecular complexity index is 311. The molecule has 15 heavy (non-hydrogen) atoms. The van der Waals surface area contributed by atoms with Gasteiger partial charge in [0.2, 0.25) is 0 Å². The van der Waals surface area contributed by atoms with E-state index in [2.05, 4.69) is 10.1 Å². The highest BCUT2D eigenvalue weighted by atomic mass is 35.7. The Morgan fingerprint density at radius 3 is 2.80 bits per heavy atom. The number of carbonyl (C=O) groups excluding carboxylic acids is 1. The Hall–Kier alpha value is -0.330. The van der Waals surface area contributed by atoms with E-state index in [-0.39, 0.29) is 6.61 Å². The van der Waals surface area contributed by atoms with Crippen molar-refractivity contribution in [2.75, 3.05) is 19.7 Å². The number of hydrogen-bond donors (Lipinski definition) is 1. The maximum absolute atomic E-state index is 10.7. The lowest BCUT2D eigenvalue weighted by Crippen LogP contribution is -2.30. The van der Waals surface area contributed by atoms with Crippen LogP contribution >= 0.6 is 10.7 Å². The van der Waals surface area contributed by atoms with Crippen LogP contribution in [0.4, 0.5) is 4.79 Å². The topological polar surface area (TPSA) is 72.5 Å². The highest BCUT2D eigenvalue weighted by Gasteiger charge is 2.21. The Kier molecular flexibility index (Phi) is 4.82. The molecule has 1 atom stereocenters. The van der Waals surface area contributed by atoms with Crippen LogP contribution in [0.3, 0.4) is 0 Å². The average Bonchev–Trinajstić information content (AvgIpc) is 2.18. The molecule has 5 nitrogen and oxygen atoms in total. The minimum Gasteiger partial charge on any atom is -0.453 e. The number of halogens is 1. The zero-order valence-corrected chi connectivity index (χ0v) is 9.81. The lowest BCUT2D eigenvalue weighted by Gasteiger charge is -2.22. The summed E-state index contributed by atoms with van der Waals surface area (Å²) in [5.74, 6) is 0.449. The molecule has 0 amide bonds. The van der Waals surface area contributed by atoms with Crippen LogP contribution in [0.25, 0.3) is 0 Å². The highest BCUT2D eigenvalue weighted by Crippen LogP contribution is 2.14. The lowest BCUT2D eigenvalue weighted by molar-refractivity contribution is 0.160. The maximum Gasteiger partial charge on any atom is 0.440 e. The number of rotatable bonds is 3. The maximum atomic E-state index is 10.7. The van der Waals surface area contributed by atoms with Crippen LogP contribution < -0.4 is 5.32 Å². The van der Waals surface area contributed by atoms with Gasteiger partial charge >= 0.3 is 14.4 Å². The highest BCUT2D eigenvalue weighted by molar-refractivity contribution is 8.25. The Morgan fingerprint density at radius 1 is 1.53 bits per heavy atom. The van der Waals surface area contributed by atoms with Gasteiger partial charge in [0.25, 0.3) is 0 Å². The molecular weight excluding hydrogens is 242 g/mol. The van der Waals surface area contributed by atoms with Crippen molar-refractivity contribution >= 4 is 25.0 Å². The fourth-order valence-corrected chi connectivity index (χ4v) is 1.91. The standard InChI is InChI=1S/C8H14ClNO4S/c9-15(12,13)8(11)14-5-3-7-2-1-4-10-6-7/h7,10H,1-6H2. The van der Waals surface area contributed by atoms with Gasteiger partial charge in [0, 0.05) is 10.7 Å². The normalized spacial score (nSPS) is 22.3. The molecule has 1 rings (SSSR count). The van der Waals surface area contributed by atoms with Gasteiger partial charge in [-0.1, -0.05) is 0 Å². The van der Waals surface area contributed by atoms with Crippen molar-refractivity contribution in [2.45, 2.75) is 19.3 Å². The molecule has 0 aromatic rings. The minimum atomic E-state index is -4.21. The second kappa shape index (κ2) is 5.67. The van der Waals surface area contributed by atoms with Crippen LogP contribution in [0.2, 0.25) is 0 Å². The number of piperidine rings is 1. The molecular formula is C8H14ClNO4S. The van der Waals surface area contributed by atoms with Gasteiger partial charge in [-0.05, 0) is 38.3 Å². The lowest BCUT2D eigenvalue weighted by atomic mass is 9.97. The number of carbonyl (C=O) groups is 1. The molecule has 1 aliphatic rings.